The number of urea groups is 1. The number of hydrogen-bond acceptors (Lipinski definition) is 3. The summed E-state index contributed by atoms with van der Waals surface area (Å²) in [6, 6.07) is 5.41. The largest absolute Gasteiger partial charge is 0.611 e. The summed E-state index contributed by atoms with van der Waals surface area (Å²) in [6.45, 7) is 1.67. The van der Waals surface area contributed by atoms with Gasteiger partial charge < -0.3 is 19.5 Å². The smallest absolute Gasteiger partial charge is 0.320 e. The molecule has 0 saturated carbocycles. The maximum Gasteiger partial charge on any atom is 0.320 e. The summed E-state index contributed by atoms with van der Waals surface area (Å²) in [5.74, 6) is -1.75. The molecule has 3 atom stereocenters. The molecule has 0 bridgehead atoms. The Balaban J connectivity index is 1.59. The first-order valence-corrected chi connectivity index (χ1v) is 9.60. The zero-order chi connectivity index (χ0) is 18.0. The molecule has 0 spiro atoms. The molecule has 3 unspecified atom stereocenters. The van der Waals surface area contributed by atoms with Crippen LogP contribution >= 0.6 is 0 Å². The van der Waals surface area contributed by atoms with Crippen LogP contribution < -0.4 is 0 Å². The SMILES string of the molecule is O=C(O)C1CCCN(C(=O)N2CCC([S+]([O-])c3ccc(F)cc3)C2)C1. The molecule has 2 saturated heterocycles. The van der Waals surface area contributed by atoms with Gasteiger partial charge in [0.1, 0.15) is 11.1 Å². The van der Waals surface area contributed by atoms with E-state index in [1.54, 1.807) is 9.80 Å². The fourth-order valence-electron chi connectivity index (χ4n) is 3.39. The molecule has 2 fully saturated rings. The van der Waals surface area contributed by atoms with Gasteiger partial charge in [0.2, 0.25) is 0 Å². The van der Waals surface area contributed by atoms with E-state index in [1.807, 2.05) is 0 Å². The number of carbonyl (C=O) groups excluding carboxylic acids is 1. The molecule has 136 valence electrons. The predicted octanol–water partition coefficient (Wildman–Crippen LogP) is 1.92. The van der Waals surface area contributed by atoms with E-state index in [0.717, 1.165) is 0 Å². The van der Waals surface area contributed by atoms with Crippen LogP contribution in [0.1, 0.15) is 19.3 Å². The van der Waals surface area contributed by atoms with Crippen LogP contribution in [-0.4, -0.2) is 62.9 Å². The molecule has 0 aromatic heterocycles. The van der Waals surface area contributed by atoms with Gasteiger partial charge in [0.05, 0.1) is 12.5 Å². The van der Waals surface area contributed by atoms with Crippen molar-refractivity contribution in [1.82, 2.24) is 9.80 Å². The van der Waals surface area contributed by atoms with Crippen molar-refractivity contribution in [2.24, 2.45) is 5.92 Å². The lowest BCUT2D eigenvalue weighted by Gasteiger charge is -2.33. The second kappa shape index (κ2) is 7.61. The molecule has 2 aliphatic rings. The molecule has 2 heterocycles. The van der Waals surface area contributed by atoms with Crippen molar-refractivity contribution in [2.45, 2.75) is 29.4 Å². The van der Waals surface area contributed by atoms with Gasteiger partial charge in [0.15, 0.2) is 4.90 Å². The molecule has 2 aliphatic heterocycles. The van der Waals surface area contributed by atoms with Crippen molar-refractivity contribution >= 4 is 23.2 Å². The third-order valence-electron chi connectivity index (χ3n) is 4.81. The Labute approximate surface area is 148 Å². The van der Waals surface area contributed by atoms with Gasteiger partial charge >= 0.3 is 12.0 Å². The summed E-state index contributed by atoms with van der Waals surface area (Å²) in [5.41, 5.74) is 0. The first-order chi connectivity index (χ1) is 12.0. The first kappa shape index (κ1) is 18.0. The van der Waals surface area contributed by atoms with Crippen molar-refractivity contribution in [3.63, 3.8) is 0 Å². The second-order valence-electron chi connectivity index (χ2n) is 6.51. The Hall–Kier alpha value is -1.80. The van der Waals surface area contributed by atoms with Gasteiger partial charge in [-0.2, -0.15) is 0 Å². The van der Waals surface area contributed by atoms with Gasteiger partial charge in [-0.05, 0) is 48.3 Å². The van der Waals surface area contributed by atoms with Crippen LogP contribution in [0.4, 0.5) is 9.18 Å². The summed E-state index contributed by atoms with van der Waals surface area (Å²) >= 11 is -1.30. The molecule has 3 rings (SSSR count). The Morgan fingerprint density at radius 2 is 1.80 bits per heavy atom. The minimum Gasteiger partial charge on any atom is -0.611 e. The van der Waals surface area contributed by atoms with Crippen molar-refractivity contribution in [3.8, 4) is 0 Å². The highest BCUT2D eigenvalue weighted by molar-refractivity contribution is 7.92. The van der Waals surface area contributed by atoms with Crippen molar-refractivity contribution in [1.29, 1.82) is 0 Å². The highest BCUT2D eigenvalue weighted by Crippen LogP contribution is 2.26. The van der Waals surface area contributed by atoms with Gasteiger partial charge in [0.25, 0.3) is 0 Å². The van der Waals surface area contributed by atoms with Gasteiger partial charge in [-0.1, -0.05) is 0 Å². The van der Waals surface area contributed by atoms with E-state index in [1.165, 1.54) is 24.3 Å². The number of piperidine rings is 1. The molecule has 2 amide bonds. The van der Waals surface area contributed by atoms with Gasteiger partial charge in [0, 0.05) is 26.1 Å². The maximum absolute atomic E-state index is 13.0. The summed E-state index contributed by atoms with van der Waals surface area (Å²) in [4.78, 5) is 27.6. The molecule has 8 heteroatoms. The average Bonchev–Trinajstić information content (AvgIpc) is 3.11. The number of likely N-dealkylation sites (tertiary alicyclic amines) is 2. The minimum absolute atomic E-state index is 0.176. The van der Waals surface area contributed by atoms with Crippen LogP contribution in [0, 0.1) is 11.7 Å². The number of carboxylic acids is 1. The molecule has 0 aliphatic carbocycles. The lowest BCUT2D eigenvalue weighted by atomic mass is 9.99. The maximum atomic E-state index is 13.0. The van der Waals surface area contributed by atoms with Crippen molar-refractivity contribution in [3.05, 3.63) is 30.1 Å². The standard InChI is InChI=1S/C17H21FN2O4S/c18-13-3-5-14(6-4-13)25(24)15-7-9-20(11-15)17(23)19-8-1-2-12(10-19)16(21)22/h3-6,12,15H,1-2,7-11H2,(H,21,22). The molecular formula is C17H21FN2O4S. The van der Waals surface area contributed by atoms with Crippen LogP contribution in [0.25, 0.3) is 0 Å². The quantitative estimate of drug-likeness (QED) is 0.826. The summed E-state index contributed by atoms with van der Waals surface area (Å²) in [7, 11) is 0. The van der Waals surface area contributed by atoms with Gasteiger partial charge in [-0.15, -0.1) is 0 Å². The zero-order valence-corrected chi connectivity index (χ0v) is 14.6. The normalized spacial score (nSPS) is 25.0. The number of carboxylic acid groups (broad SMARTS) is 1. The zero-order valence-electron chi connectivity index (χ0n) is 13.8. The number of amides is 2. The van der Waals surface area contributed by atoms with Crippen LogP contribution in [0.5, 0.6) is 0 Å². The summed E-state index contributed by atoms with van der Waals surface area (Å²) in [5, 5.41) is 8.96. The number of nitrogens with zero attached hydrogens (tertiary/aromatic N) is 2. The number of rotatable bonds is 3. The van der Waals surface area contributed by atoms with E-state index >= 15 is 0 Å². The van der Waals surface area contributed by atoms with Crippen molar-refractivity contribution < 1.29 is 23.6 Å². The summed E-state index contributed by atoms with van der Waals surface area (Å²) < 4.78 is 25.6. The fraction of sp³-hybridized carbons (Fsp3) is 0.529. The lowest BCUT2D eigenvalue weighted by Crippen LogP contribution is -2.48. The van der Waals surface area contributed by atoms with Crippen molar-refractivity contribution in [2.75, 3.05) is 26.2 Å². The Morgan fingerprint density at radius 3 is 2.48 bits per heavy atom. The number of halogens is 1. The number of hydrogen-bond donors (Lipinski definition) is 1. The summed E-state index contributed by atoms with van der Waals surface area (Å²) in [6.07, 6.45) is 1.89. The third kappa shape index (κ3) is 4.07. The Bertz CT molecular complexity index is 642. The van der Waals surface area contributed by atoms with Crippen LogP contribution in [0.15, 0.2) is 29.2 Å². The molecular weight excluding hydrogens is 347 g/mol. The van der Waals surface area contributed by atoms with E-state index in [4.69, 9.17) is 5.11 Å². The van der Waals surface area contributed by atoms with Crippen LogP contribution in [0.3, 0.4) is 0 Å². The van der Waals surface area contributed by atoms with E-state index in [-0.39, 0.29) is 23.6 Å². The van der Waals surface area contributed by atoms with E-state index in [2.05, 4.69) is 0 Å². The predicted molar refractivity (Wildman–Crippen MR) is 90.1 cm³/mol. The average molecular weight is 368 g/mol. The third-order valence-corrected chi connectivity index (χ3v) is 6.53. The number of benzene rings is 1. The van der Waals surface area contributed by atoms with Gasteiger partial charge in [-0.25, -0.2) is 9.18 Å². The highest BCUT2D eigenvalue weighted by Gasteiger charge is 2.38. The molecule has 25 heavy (non-hydrogen) atoms. The first-order valence-electron chi connectivity index (χ1n) is 8.38. The van der Waals surface area contributed by atoms with E-state index in [0.29, 0.717) is 43.8 Å². The minimum atomic E-state index is -1.30. The molecule has 6 nitrogen and oxygen atoms in total. The van der Waals surface area contributed by atoms with E-state index in [9.17, 15) is 18.5 Å². The Kier molecular flexibility index (Phi) is 5.48. The van der Waals surface area contributed by atoms with Crippen LogP contribution in [-0.2, 0) is 16.0 Å². The van der Waals surface area contributed by atoms with Gasteiger partial charge in [-0.3, -0.25) is 4.79 Å². The number of carbonyl (C=O) groups is 2. The molecule has 0 radical (unpaired) electrons. The Morgan fingerprint density at radius 1 is 1.12 bits per heavy atom. The highest BCUT2D eigenvalue weighted by atomic mass is 32.2. The van der Waals surface area contributed by atoms with Crippen LogP contribution in [0.2, 0.25) is 0 Å². The van der Waals surface area contributed by atoms with E-state index < -0.39 is 23.1 Å². The number of aliphatic carboxylic acids is 1. The second-order valence-corrected chi connectivity index (χ2v) is 8.25. The fourth-order valence-corrected chi connectivity index (χ4v) is 4.81. The molecule has 1 N–H and O–H groups in total. The molecule has 1 aromatic rings. The monoisotopic (exact) mass is 368 g/mol. The molecule has 1 aromatic carbocycles. The topological polar surface area (TPSA) is 83.9 Å². The lowest BCUT2D eigenvalue weighted by molar-refractivity contribution is -0.143.